The molecule has 0 aliphatic heterocycles. The number of carbonyl (C=O) groups excluding carboxylic acids is 5. The summed E-state index contributed by atoms with van der Waals surface area (Å²) in [5, 5.41) is 9.44. The molecule has 0 aliphatic carbocycles. The normalized spacial score (nSPS) is 10.7. The van der Waals surface area contributed by atoms with Gasteiger partial charge in [-0.15, -0.1) is 0 Å². The standard InChI is InChI=1S/C64H62O18S6/c1-6-72-54(67)36-78-42-13-25-48(26-14-42)84-60-59(83-47-23-11-41(12-24-47)77-35-53(65)66)61(85-49-27-15-43(16-28-49)79-37-55(68)73-7-2)63(87-51-31-19-45(20-32-51)81-39-57(70)75-9-4)64(88-52-33-21-46(22-34-52)82-40-58(71)76-10-5)62(60)86-50-29-17-44(18-30-50)80-38-56(69)74-8-3/h11-34H,6-10,35-40H2,1-5H3,(H,65,66). The molecule has 0 radical (unpaired) electrons. The molecule has 0 fully saturated rings. The highest BCUT2D eigenvalue weighted by Crippen LogP contribution is 2.60. The average Bonchev–Trinajstić information content (AvgIpc) is 1.01. The van der Waals surface area contributed by atoms with E-state index in [0.717, 1.165) is 58.7 Å². The predicted molar refractivity (Wildman–Crippen MR) is 334 cm³/mol. The molecule has 462 valence electrons. The van der Waals surface area contributed by atoms with E-state index in [-0.39, 0.29) is 66.1 Å². The van der Waals surface area contributed by atoms with Crippen molar-refractivity contribution in [3.63, 3.8) is 0 Å². The summed E-state index contributed by atoms with van der Waals surface area (Å²) in [5.74, 6) is -1.08. The first-order valence-electron chi connectivity index (χ1n) is 27.4. The summed E-state index contributed by atoms with van der Waals surface area (Å²) >= 11 is 8.94. The van der Waals surface area contributed by atoms with Gasteiger partial charge in [-0.3, -0.25) is 0 Å². The second-order valence-electron chi connectivity index (χ2n) is 17.6. The highest BCUT2D eigenvalue weighted by molar-refractivity contribution is 8.07. The molecule has 0 unspecified atom stereocenters. The van der Waals surface area contributed by atoms with E-state index < -0.39 is 42.4 Å². The fourth-order valence-electron chi connectivity index (χ4n) is 7.38. The highest BCUT2D eigenvalue weighted by Gasteiger charge is 2.29. The van der Waals surface area contributed by atoms with Gasteiger partial charge in [0, 0.05) is 58.7 Å². The average molecular weight is 1310 g/mol. The van der Waals surface area contributed by atoms with Crippen LogP contribution in [0.5, 0.6) is 34.5 Å². The second kappa shape index (κ2) is 35.9. The Morgan fingerprint density at radius 1 is 0.261 bits per heavy atom. The lowest BCUT2D eigenvalue weighted by molar-refractivity contribution is -0.146. The molecule has 0 saturated carbocycles. The number of esters is 5. The van der Waals surface area contributed by atoms with Crippen LogP contribution in [-0.2, 0) is 52.5 Å². The van der Waals surface area contributed by atoms with Crippen molar-refractivity contribution >= 4 is 106 Å². The monoisotopic (exact) mass is 1310 g/mol. The molecule has 1 N–H and O–H groups in total. The van der Waals surface area contributed by atoms with Crippen molar-refractivity contribution in [2.45, 2.75) is 93.4 Å². The molecule has 24 heteroatoms. The van der Waals surface area contributed by atoms with Crippen molar-refractivity contribution in [2.75, 3.05) is 72.7 Å². The third-order valence-corrected chi connectivity index (χ3v) is 18.7. The van der Waals surface area contributed by atoms with E-state index in [1.54, 1.807) is 107 Å². The molecule has 0 heterocycles. The molecule has 0 bridgehead atoms. The van der Waals surface area contributed by atoms with Gasteiger partial charge >= 0.3 is 35.8 Å². The smallest absolute Gasteiger partial charge is 0.344 e. The van der Waals surface area contributed by atoms with E-state index in [2.05, 4.69) is 0 Å². The van der Waals surface area contributed by atoms with E-state index in [0.29, 0.717) is 34.5 Å². The first-order chi connectivity index (χ1) is 42.7. The first-order valence-corrected chi connectivity index (χ1v) is 32.3. The number of carbonyl (C=O) groups is 6. The molecule has 7 aromatic rings. The summed E-state index contributed by atoms with van der Waals surface area (Å²) in [7, 11) is 0. The number of aliphatic carboxylic acids is 1. The molecule has 88 heavy (non-hydrogen) atoms. The van der Waals surface area contributed by atoms with Crippen LogP contribution in [0.15, 0.2) is 204 Å². The quantitative estimate of drug-likeness (QED) is 0.0288. The van der Waals surface area contributed by atoms with Crippen molar-refractivity contribution in [1.29, 1.82) is 0 Å². The van der Waals surface area contributed by atoms with Crippen LogP contribution in [0.2, 0.25) is 0 Å². The number of hydrogen-bond acceptors (Lipinski definition) is 23. The van der Waals surface area contributed by atoms with Gasteiger partial charge in [-0.05, 0) is 180 Å². The highest BCUT2D eigenvalue weighted by atomic mass is 32.2. The fraction of sp³-hybridized carbons (Fsp3) is 0.250. The third-order valence-electron chi connectivity index (χ3n) is 11.2. The lowest BCUT2D eigenvalue weighted by atomic mass is 10.3. The predicted octanol–water partition coefficient (Wildman–Crippen LogP) is 13.8. The third kappa shape index (κ3) is 22.1. The summed E-state index contributed by atoms with van der Waals surface area (Å²) in [5.41, 5.74) is 0. The van der Waals surface area contributed by atoms with Gasteiger partial charge in [0.2, 0.25) is 0 Å². The van der Waals surface area contributed by atoms with Crippen LogP contribution in [0.3, 0.4) is 0 Å². The Hall–Kier alpha value is -7.74. The zero-order valence-corrected chi connectivity index (χ0v) is 53.4. The lowest BCUT2D eigenvalue weighted by Crippen LogP contribution is -2.14. The van der Waals surface area contributed by atoms with Crippen molar-refractivity contribution in [1.82, 2.24) is 0 Å². The van der Waals surface area contributed by atoms with Gasteiger partial charge in [-0.2, -0.15) is 0 Å². The summed E-state index contributed by atoms with van der Waals surface area (Å²) in [4.78, 5) is 82.8. The Morgan fingerprint density at radius 3 is 0.545 bits per heavy atom. The van der Waals surface area contributed by atoms with Crippen molar-refractivity contribution in [3.05, 3.63) is 146 Å². The van der Waals surface area contributed by atoms with E-state index in [1.807, 2.05) is 72.8 Å². The van der Waals surface area contributed by atoms with Gasteiger partial charge in [0.25, 0.3) is 0 Å². The van der Waals surface area contributed by atoms with E-state index in [4.69, 9.17) is 52.1 Å². The molecule has 0 atom stereocenters. The Balaban J connectivity index is 1.49. The van der Waals surface area contributed by atoms with Gasteiger partial charge in [-0.1, -0.05) is 70.6 Å². The molecule has 18 nitrogen and oxygen atoms in total. The minimum absolute atomic E-state index is 0.208. The number of carboxylic acids is 1. The molecular formula is C64H62O18S6. The molecule has 0 spiro atoms. The fourth-order valence-corrected chi connectivity index (χ4v) is 14.6. The van der Waals surface area contributed by atoms with Gasteiger partial charge in [0.05, 0.1) is 33.0 Å². The van der Waals surface area contributed by atoms with Crippen LogP contribution in [0.1, 0.15) is 34.6 Å². The lowest BCUT2D eigenvalue weighted by Gasteiger charge is -2.26. The van der Waals surface area contributed by atoms with Crippen LogP contribution < -0.4 is 28.4 Å². The molecule has 0 amide bonds. The molecular weight excluding hydrogens is 1250 g/mol. The first kappa shape index (κ1) is 67.8. The summed E-state index contributed by atoms with van der Waals surface area (Å²) in [6.45, 7) is 7.71. The topological polar surface area (TPSA) is 224 Å². The van der Waals surface area contributed by atoms with Crippen LogP contribution in [0.4, 0.5) is 0 Å². The minimum Gasteiger partial charge on any atom is -0.482 e. The zero-order chi connectivity index (χ0) is 62.6. The molecule has 7 aromatic carbocycles. The van der Waals surface area contributed by atoms with Crippen molar-refractivity contribution < 1.29 is 86.0 Å². The Labute approximate surface area is 535 Å². The van der Waals surface area contributed by atoms with Gasteiger partial charge in [0.1, 0.15) is 34.5 Å². The van der Waals surface area contributed by atoms with Crippen LogP contribution in [0.25, 0.3) is 0 Å². The van der Waals surface area contributed by atoms with E-state index in [1.165, 1.54) is 70.6 Å². The van der Waals surface area contributed by atoms with Crippen LogP contribution in [-0.4, -0.2) is 114 Å². The maximum absolute atomic E-state index is 12.3. The Kier molecular flexibility index (Phi) is 27.7. The number of carboxylic acid groups (broad SMARTS) is 1. The Morgan fingerprint density at radius 2 is 0.409 bits per heavy atom. The summed E-state index contributed by atoms with van der Waals surface area (Å²) in [6.07, 6.45) is 0. The van der Waals surface area contributed by atoms with Gasteiger partial charge in [0.15, 0.2) is 39.6 Å². The van der Waals surface area contributed by atoms with E-state index >= 15 is 0 Å². The second-order valence-corrected chi connectivity index (χ2v) is 24.1. The number of hydrogen-bond donors (Lipinski definition) is 1. The van der Waals surface area contributed by atoms with Gasteiger partial charge in [-0.25, -0.2) is 28.8 Å². The van der Waals surface area contributed by atoms with E-state index in [9.17, 15) is 33.9 Å². The van der Waals surface area contributed by atoms with Crippen molar-refractivity contribution in [2.24, 2.45) is 0 Å². The summed E-state index contributed by atoms with van der Waals surface area (Å²) in [6, 6.07) is 43.9. The minimum atomic E-state index is -1.12. The van der Waals surface area contributed by atoms with Gasteiger partial charge < -0.3 is 57.2 Å². The largest absolute Gasteiger partial charge is 0.482 e. The molecule has 7 rings (SSSR count). The Bertz CT molecular complexity index is 3260. The maximum atomic E-state index is 12.3. The van der Waals surface area contributed by atoms with Crippen LogP contribution >= 0.6 is 70.6 Å². The number of rotatable bonds is 35. The van der Waals surface area contributed by atoms with Crippen LogP contribution in [0, 0.1) is 0 Å². The molecule has 0 saturated heterocycles. The summed E-state index contributed by atoms with van der Waals surface area (Å²) < 4.78 is 60.2. The molecule has 0 aliphatic rings. The number of benzene rings is 7. The van der Waals surface area contributed by atoms with Crippen molar-refractivity contribution in [3.8, 4) is 34.5 Å². The molecule has 0 aromatic heterocycles. The maximum Gasteiger partial charge on any atom is 0.344 e. The number of ether oxygens (including phenoxy) is 11. The SMILES string of the molecule is CCOC(=O)COc1ccc(Sc2c(Sc3ccc(OCC(=O)O)cc3)c(Sc3ccc(OCC(=O)OCC)cc3)c(Sc3ccc(OCC(=O)OCC)cc3)c(Sc3ccc(OCC(=O)OCC)cc3)c2Sc2ccc(OCC(=O)OCC)cc2)cc1. The zero-order valence-electron chi connectivity index (χ0n) is 48.5.